The third-order valence-electron chi connectivity index (χ3n) is 6.24. The Morgan fingerprint density at radius 1 is 1.00 bits per heavy atom. The molecule has 3 aromatic carbocycles. The smallest absolute Gasteiger partial charge is 0.317 e. The van der Waals surface area contributed by atoms with E-state index < -0.39 is 29.2 Å². The lowest BCUT2D eigenvalue weighted by Crippen LogP contribution is -2.38. The number of hydrogen-bond acceptors (Lipinski definition) is 3. The molecule has 1 amide bonds. The van der Waals surface area contributed by atoms with Gasteiger partial charge in [-0.15, -0.1) is 0 Å². The van der Waals surface area contributed by atoms with Crippen LogP contribution in [0.4, 0.5) is 10.1 Å². The van der Waals surface area contributed by atoms with Crippen LogP contribution in [-0.4, -0.2) is 11.9 Å². The lowest BCUT2D eigenvalue weighted by atomic mass is 9.78. The van der Waals surface area contributed by atoms with E-state index in [1.807, 2.05) is 13.0 Å². The van der Waals surface area contributed by atoms with Gasteiger partial charge in [0.1, 0.15) is 5.82 Å². The molecule has 4 nitrogen and oxygen atoms in total. The molecule has 1 fully saturated rings. The maximum atomic E-state index is 14.7. The van der Waals surface area contributed by atoms with Crippen LogP contribution in [0.15, 0.2) is 72.8 Å². The molecule has 33 heavy (non-hydrogen) atoms. The minimum atomic E-state index is -1.19. The molecule has 0 aliphatic heterocycles. The molecule has 0 saturated heterocycles. The van der Waals surface area contributed by atoms with Crippen molar-refractivity contribution in [2.24, 2.45) is 0 Å². The molecular weight excluding hydrogens is 441 g/mol. The van der Waals surface area contributed by atoms with Gasteiger partial charge in [-0.25, -0.2) is 4.39 Å². The zero-order chi connectivity index (χ0) is 23.4. The number of carbonyl (C=O) groups is 2. The number of anilines is 1. The van der Waals surface area contributed by atoms with Gasteiger partial charge in [0.05, 0.1) is 5.41 Å². The average Bonchev–Trinajstić information content (AvgIpc) is 3.31. The van der Waals surface area contributed by atoms with Gasteiger partial charge in [0.15, 0.2) is 0 Å². The number of rotatable bonds is 6. The molecule has 0 spiro atoms. The van der Waals surface area contributed by atoms with Crippen LogP contribution in [0.5, 0.6) is 0 Å². The first kappa shape index (κ1) is 23.0. The van der Waals surface area contributed by atoms with Crippen molar-refractivity contribution in [1.82, 2.24) is 0 Å². The molecule has 1 aliphatic carbocycles. The van der Waals surface area contributed by atoms with Gasteiger partial charge in [-0.2, -0.15) is 0 Å². The van der Waals surface area contributed by atoms with Gasteiger partial charge in [-0.3, -0.25) is 9.59 Å². The second kappa shape index (κ2) is 9.75. The highest BCUT2D eigenvalue weighted by molar-refractivity contribution is 6.31. The van der Waals surface area contributed by atoms with Crippen LogP contribution in [0.3, 0.4) is 0 Å². The van der Waals surface area contributed by atoms with E-state index in [4.69, 9.17) is 16.3 Å². The Morgan fingerprint density at radius 3 is 2.33 bits per heavy atom. The van der Waals surface area contributed by atoms with Crippen molar-refractivity contribution in [1.29, 1.82) is 0 Å². The Bertz CT molecular complexity index is 1160. The Morgan fingerprint density at radius 2 is 1.67 bits per heavy atom. The zero-order valence-electron chi connectivity index (χ0n) is 18.3. The van der Waals surface area contributed by atoms with E-state index in [1.165, 1.54) is 6.07 Å². The normalized spacial score (nSPS) is 15.6. The summed E-state index contributed by atoms with van der Waals surface area (Å²) in [6, 6.07) is 20.3. The molecule has 3 aromatic rings. The fraction of sp³-hybridized carbons (Fsp3) is 0.259. The molecule has 0 bridgehead atoms. The van der Waals surface area contributed by atoms with Crippen LogP contribution in [0.2, 0.25) is 5.02 Å². The minimum absolute atomic E-state index is 0.324. The van der Waals surface area contributed by atoms with E-state index in [2.05, 4.69) is 5.32 Å². The lowest BCUT2D eigenvalue weighted by molar-refractivity contribution is -0.160. The van der Waals surface area contributed by atoms with E-state index in [1.54, 1.807) is 60.7 Å². The Labute approximate surface area is 197 Å². The number of halogens is 2. The summed E-state index contributed by atoms with van der Waals surface area (Å²) in [4.78, 5) is 26.8. The summed E-state index contributed by atoms with van der Waals surface area (Å²) >= 11 is 6.19. The van der Waals surface area contributed by atoms with Crippen LogP contribution in [0, 0.1) is 12.7 Å². The second-order valence-corrected chi connectivity index (χ2v) is 8.83. The summed E-state index contributed by atoms with van der Waals surface area (Å²) in [5.41, 5.74) is 1.13. The standard InChI is InChI=1S/C27H25ClFNO3/c1-18-13-14-20(17-22(18)28)30-25(31)24(19-9-3-2-4-10-19)33-26(32)27(15-7-8-16-27)21-11-5-6-12-23(21)29/h2-6,9-14,17,24H,7-8,15-16H2,1H3,(H,30,31)/t24-/m1/s1. The van der Waals surface area contributed by atoms with E-state index >= 15 is 0 Å². The van der Waals surface area contributed by atoms with Crippen molar-refractivity contribution in [2.75, 3.05) is 5.32 Å². The van der Waals surface area contributed by atoms with Gasteiger partial charge in [0, 0.05) is 21.8 Å². The molecule has 1 N–H and O–H groups in total. The van der Waals surface area contributed by atoms with Crippen molar-refractivity contribution >= 4 is 29.2 Å². The van der Waals surface area contributed by atoms with Gasteiger partial charge >= 0.3 is 5.97 Å². The van der Waals surface area contributed by atoms with Gasteiger partial charge in [0.25, 0.3) is 5.91 Å². The second-order valence-electron chi connectivity index (χ2n) is 8.42. The fourth-order valence-corrected chi connectivity index (χ4v) is 4.59. The number of hydrogen-bond donors (Lipinski definition) is 1. The number of ether oxygens (including phenoxy) is 1. The van der Waals surface area contributed by atoms with Gasteiger partial charge < -0.3 is 10.1 Å². The van der Waals surface area contributed by atoms with E-state index in [9.17, 15) is 14.0 Å². The Balaban J connectivity index is 1.65. The minimum Gasteiger partial charge on any atom is -0.447 e. The molecule has 1 aliphatic rings. The molecule has 0 heterocycles. The summed E-state index contributed by atoms with van der Waals surface area (Å²) in [5.74, 6) is -1.53. The zero-order valence-corrected chi connectivity index (χ0v) is 19.1. The van der Waals surface area contributed by atoms with Crippen LogP contribution in [0.1, 0.15) is 48.5 Å². The van der Waals surface area contributed by atoms with Gasteiger partial charge in [0.2, 0.25) is 6.10 Å². The Kier molecular flexibility index (Phi) is 6.80. The highest BCUT2D eigenvalue weighted by atomic mass is 35.5. The first-order chi connectivity index (χ1) is 15.9. The number of aryl methyl sites for hydroxylation is 1. The molecule has 1 saturated carbocycles. The molecule has 6 heteroatoms. The average molecular weight is 466 g/mol. The Hall–Kier alpha value is -3.18. The molecule has 0 aromatic heterocycles. The molecule has 170 valence electrons. The highest BCUT2D eigenvalue weighted by Crippen LogP contribution is 2.44. The van der Waals surface area contributed by atoms with Crippen LogP contribution in [-0.2, 0) is 19.7 Å². The number of benzene rings is 3. The number of carbonyl (C=O) groups excluding carboxylic acids is 2. The van der Waals surface area contributed by atoms with Crippen LogP contribution >= 0.6 is 11.6 Å². The summed E-state index contributed by atoms with van der Waals surface area (Å²) in [6.07, 6.45) is 1.33. The van der Waals surface area contributed by atoms with Crippen molar-refractivity contribution in [3.8, 4) is 0 Å². The van der Waals surface area contributed by atoms with Gasteiger partial charge in [-0.05, 0) is 43.5 Å². The summed E-state index contributed by atoms with van der Waals surface area (Å²) in [7, 11) is 0. The third kappa shape index (κ3) is 4.79. The fourth-order valence-electron chi connectivity index (χ4n) is 4.41. The number of esters is 1. The summed E-state index contributed by atoms with van der Waals surface area (Å²) < 4.78 is 20.6. The summed E-state index contributed by atoms with van der Waals surface area (Å²) in [5, 5.41) is 3.31. The maximum Gasteiger partial charge on any atom is 0.317 e. The first-order valence-corrected chi connectivity index (χ1v) is 11.4. The number of amides is 1. The molecule has 0 unspecified atom stereocenters. The van der Waals surface area contributed by atoms with E-state index in [0.29, 0.717) is 34.7 Å². The van der Waals surface area contributed by atoms with Gasteiger partial charge in [-0.1, -0.05) is 79.0 Å². The molecular formula is C27H25ClFNO3. The predicted molar refractivity (Wildman–Crippen MR) is 127 cm³/mol. The topological polar surface area (TPSA) is 55.4 Å². The number of nitrogens with one attached hydrogen (secondary N) is 1. The van der Waals surface area contributed by atoms with E-state index in [0.717, 1.165) is 18.4 Å². The van der Waals surface area contributed by atoms with Crippen LogP contribution in [0.25, 0.3) is 0 Å². The lowest BCUT2D eigenvalue weighted by Gasteiger charge is -2.30. The highest BCUT2D eigenvalue weighted by Gasteiger charge is 2.47. The monoisotopic (exact) mass is 465 g/mol. The van der Waals surface area contributed by atoms with Crippen molar-refractivity contribution in [2.45, 2.75) is 44.1 Å². The summed E-state index contributed by atoms with van der Waals surface area (Å²) in [6.45, 7) is 1.87. The van der Waals surface area contributed by atoms with Crippen molar-refractivity contribution in [3.05, 3.63) is 100 Å². The van der Waals surface area contributed by atoms with Crippen molar-refractivity contribution < 1.29 is 18.7 Å². The van der Waals surface area contributed by atoms with E-state index in [-0.39, 0.29) is 0 Å². The third-order valence-corrected chi connectivity index (χ3v) is 6.65. The SMILES string of the molecule is Cc1ccc(NC(=O)[C@H](OC(=O)C2(c3ccccc3F)CCCC2)c2ccccc2)cc1Cl. The first-order valence-electron chi connectivity index (χ1n) is 11.0. The quantitative estimate of drug-likeness (QED) is 0.421. The largest absolute Gasteiger partial charge is 0.447 e. The molecule has 0 radical (unpaired) electrons. The molecule has 1 atom stereocenters. The maximum absolute atomic E-state index is 14.7. The molecule has 4 rings (SSSR count). The predicted octanol–water partition coefficient (Wildman–Crippen LogP) is 6.52. The van der Waals surface area contributed by atoms with Crippen molar-refractivity contribution in [3.63, 3.8) is 0 Å². The van der Waals surface area contributed by atoms with Crippen LogP contribution < -0.4 is 5.32 Å².